The highest BCUT2D eigenvalue weighted by Gasteiger charge is 2.10. The average Bonchev–Trinajstić information content (AvgIpc) is 2.89. The number of nitrogens with one attached hydrogen (secondary N) is 2. The van der Waals surface area contributed by atoms with Crippen LogP contribution in [0.5, 0.6) is 0 Å². The minimum atomic E-state index is -0.0664. The van der Waals surface area contributed by atoms with Crippen molar-refractivity contribution in [2.45, 2.75) is 13.0 Å². The van der Waals surface area contributed by atoms with E-state index in [9.17, 15) is 4.79 Å². The summed E-state index contributed by atoms with van der Waals surface area (Å²) in [4.78, 5) is 11.8. The normalized spacial score (nSPS) is 10.1. The van der Waals surface area contributed by atoms with E-state index in [0.29, 0.717) is 35.4 Å². The van der Waals surface area contributed by atoms with Gasteiger partial charge in [0.1, 0.15) is 5.82 Å². The SMILES string of the molecule is CNCCC(=O)Nc1ccnn1Cc1cccc(Cl)c1Cl.Cl. The van der Waals surface area contributed by atoms with E-state index in [0.717, 1.165) is 5.56 Å². The molecule has 1 aromatic carbocycles. The summed E-state index contributed by atoms with van der Waals surface area (Å²) in [5, 5.41) is 11.0. The van der Waals surface area contributed by atoms with E-state index in [4.69, 9.17) is 23.2 Å². The van der Waals surface area contributed by atoms with Crippen LogP contribution < -0.4 is 10.6 Å². The third-order valence-corrected chi connectivity index (χ3v) is 3.80. The summed E-state index contributed by atoms with van der Waals surface area (Å²) in [6.07, 6.45) is 2.03. The molecular formula is C14H17Cl3N4O. The first-order valence-corrected chi connectivity index (χ1v) is 7.26. The zero-order chi connectivity index (χ0) is 15.2. The summed E-state index contributed by atoms with van der Waals surface area (Å²) >= 11 is 12.2. The van der Waals surface area contributed by atoms with E-state index < -0.39 is 0 Å². The highest BCUT2D eigenvalue weighted by atomic mass is 35.5. The molecule has 0 saturated carbocycles. The van der Waals surface area contributed by atoms with E-state index in [2.05, 4.69) is 15.7 Å². The zero-order valence-corrected chi connectivity index (χ0v) is 14.3. The van der Waals surface area contributed by atoms with Crippen LogP contribution in [-0.2, 0) is 11.3 Å². The first-order chi connectivity index (χ1) is 10.1. The maximum absolute atomic E-state index is 11.8. The van der Waals surface area contributed by atoms with Crippen molar-refractivity contribution in [3.63, 3.8) is 0 Å². The standard InChI is InChI=1S/C14H16Cl2N4O.ClH/c1-17-7-6-13(21)19-12-5-8-18-20(12)9-10-3-2-4-11(15)14(10)16;/h2-5,8,17H,6-7,9H2,1H3,(H,19,21);1H. The molecule has 0 fully saturated rings. The number of benzene rings is 1. The Morgan fingerprint density at radius 3 is 2.82 bits per heavy atom. The number of hydrogen-bond acceptors (Lipinski definition) is 3. The van der Waals surface area contributed by atoms with Crippen molar-refractivity contribution in [2.24, 2.45) is 0 Å². The Morgan fingerprint density at radius 1 is 1.32 bits per heavy atom. The number of halogens is 3. The van der Waals surface area contributed by atoms with Crippen molar-refractivity contribution in [1.29, 1.82) is 0 Å². The Balaban J connectivity index is 0.00000242. The van der Waals surface area contributed by atoms with Gasteiger partial charge in [0, 0.05) is 19.0 Å². The molecular weight excluding hydrogens is 347 g/mol. The van der Waals surface area contributed by atoms with Crippen LogP contribution in [0.15, 0.2) is 30.5 Å². The molecule has 0 saturated heterocycles. The highest BCUT2D eigenvalue weighted by Crippen LogP contribution is 2.26. The summed E-state index contributed by atoms with van der Waals surface area (Å²) in [7, 11) is 1.80. The van der Waals surface area contributed by atoms with E-state index in [1.807, 2.05) is 12.1 Å². The summed E-state index contributed by atoms with van der Waals surface area (Å²) < 4.78 is 1.68. The van der Waals surface area contributed by atoms with Gasteiger partial charge < -0.3 is 10.6 Å². The lowest BCUT2D eigenvalue weighted by atomic mass is 10.2. The molecule has 2 aromatic rings. The molecule has 0 aliphatic rings. The van der Waals surface area contributed by atoms with Gasteiger partial charge in [-0.3, -0.25) is 4.79 Å². The first kappa shape index (κ1) is 18.8. The lowest BCUT2D eigenvalue weighted by molar-refractivity contribution is -0.116. The maximum atomic E-state index is 11.8. The molecule has 2 rings (SSSR count). The quantitative estimate of drug-likeness (QED) is 0.828. The van der Waals surface area contributed by atoms with Crippen LogP contribution in [0.3, 0.4) is 0 Å². The van der Waals surface area contributed by atoms with Crippen molar-refractivity contribution in [1.82, 2.24) is 15.1 Å². The number of anilines is 1. The van der Waals surface area contributed by atoms with Crippen LogP contribution in [0.1, 0.15) is 12.0 Å². The van der Waals surface area contributed by atoms with Crippen LogP contribution in [0, 0.1) is 0 Å². The molecule has 0 radical (unpaired) electrons. The largest absolute Gasteiger partial charge is 0.319 e. The fraction of sp³-hybridized carbons (Fsp3) is 0.286. The third kappa shape index (κ3) is 4.88. The molecule has 0 aliphatic heterocycles. The topological polar surface area (TPSA) is 59.0 Å². The summed E-state index contributed by atoms with van der Waals surface area (Å²) in [6.45, 7) is 1.06. The summed E-state index contributed by atoms with van der Waals surface area (Å²) in [6, 6.07) is 7.19. The molecule has 0 atom stereocenters. The van der Waals surface area contributed by atoms with E-state index in [-0.39, 0.29) is 18.3 Å². The van der Waals surface area contributed by atoms with Gasteiger partial charge in [0.25, 0.3) is 0 Å². The van der Waals surface area contributed by atoms with Gasteiger partial charge in [-0.1, -0.05) is 35.3 Å². The maximum Gasteiger partial charge on any atom is 0.226 e. The van der Waals surface area contributed by atoms with Crippen molar-refractivity contribution in [2.75, 3.05) is 18.9 Å². The predicted octanol–water partition coefficient (Wildman–Crippen LogP) is 3.21. The van der Waals surface area contributed by atoms with Gasteiger partial charge in [0.05, 0.1) is 22.8 Å². The van der Waals surface area contributed by atoms with Gasteiger partial charge in [-0.2, -0.15) is 5.10 Å². The van der Waals surface area contributed by atoms with Gasteiger partial charge in [0.2, 0.25) is 5.91 Å². The predicted molar refractivity (Wildman–Crippen MR) is 92.2 cm³/mol. The molecule has 0 bridgehead atoms. The Kier molecular flexibility index (Phi) is 7.68. The molecule has 22 heavy (non-hydrogen) atoms. The van der Waals surface area contributed by atoms with Crippen LogP contribution in [-0.4, -0.2) is 29.3 Å². The number of aromatic nitrogens is 2. The molecule has 1 heterocycles. The molecule has 1 aromatic heterocycles. The van der Waals surface area contributed by atoms with E-state index in [1.165, 1.54) is 0 Å². The highest BCUT2D eigenvalue weighted by molar-refractivity contribution is 6.42. The second-order valence-corrected chi connectivity index (χ2v) is 5.27. The summed E-state index contributed by atoms with van der Waals surface area (Å²) in [5.41, 5.74) is 0.846. The Morgan fingerprint density at radius 2 is 2.09 bits per heavy atom. The number of nitrogens with zero attached hydrogens (tertiary/aromatic N) is 2. The van der Waals surface area contributed by atoms with Crippen molar-refractivity contribution in [3.8, 4) is 0 Å². The number of rotatable bonds is 6. The van der Waals surface area contributed by atoms with Crippen molar-refractivity contribution < 1.29 is 4.79 Å². The van der Waals surface area contributed by atoms with E-state index in [1.54, 1.807) is 30.1 Å². The van der Waals surface area contributed by atoms with Crippen LogP contribution in [0.4, 0.5) is 5.82 Å². The Labute approximate surface area is 145 Å². The molecule has 0 spiro atoms. The fourth-order valence-electron chi connectivity index (χ4n) is 1.84. The smallest absolute Gasteiger partial charge is 0.226 e. The van der Waals surface area contributed by atoms with Crippen LogP contribution in [0.25, 0.3) is 0 Å². The van der Waals surface area contributed by atoms with Gasteiger partial charge in [0.15, 0.2) is 0 Å². The number of carbonyl (C=O) groups is 1. The van der Waals surface area contributed by atoms with Crippen molar-refractivity contribution in [3.05, 3.63) is 46.1 Å². The number of amides is 1. The monoisotopic (exact) mass is 362 g/mol. The second kappa shape index (κ2) is 9.00. The summed E-state index contributed by atoms with van der Waals surface area (Å²) in [5.74, 6) is 0.565. The van der Waals surface area contributed by atoms with Crippen LogP contribution in [0.2, 0.25) is 10.0 Å². The molecule has 120 valence electrons. The first-order valence-electron chi connectivity index (χ1n) is 6.51. The number of carbonyl (C=O) groups excluding carboxylic acids is 1. The number of hydrogen-bond donors (Lipinski definition) is 2. The lowest BCUT2D eigenvalue weighted by Gasteiger charge is -2.10. The van der Waals surface area contributed by atoms with Gasteiger partial charge in [-0.25, -0.2) is 4.68 Å². The Bertz CT molecular complexity index is 630. The molecule has 0 aliphatic carbocycles. The molecule has 5 nitrogen and oxygen atoms in total. The lowest BCUT2D eigenvalue weighted by Crippen LogP contribution is -2.20. The molecule has 2 N–H and O–H groups in total. The van der Waals surface area contributed by atoms with Crippen LogP contribution >= 0.6 is 35.6 Å². The van der Waals surface area contributed by atoms with E-state index >= 15 is 0 Å². The molecule has 1 amide bonds. The zero-order valence-electron chi connectivity index (χ0n) is 12.0. The average molecular weight is 364 g/mol. The Hall–Kier alpha value is -1.27. The minimum absolute atomic E-state index is 0. The third-order valence-electron chi connectivity index (χ3n) is 2.94. The molecule has 8 heteroatoms. The van der Waals surface area contributed by atoms with Crippen molar-refractivity contribution >= 4 is 47.3 Å². The minimum Gasteiger partial charge on any atom is -0.319 e. The fourth-order valence-corrected chi connectivity index (χ4v) is 2.22. The second-order valence-electron chi connectivity index (χ2n) is 4.49. The van der Waals surface area contributed by atoms with Gasteiger partial charge >= 0.3 is 0 Å². The van der Waals surface area contributed by atoms with Gasteiger partial charge in [-0.05, 0) is 18.7 Å². The van der Waals surface area contributed by atoms with Gasteiger partial charge in [-0.15, -0.1) is 12.4 Å². The molecule has 0 unspecified atom stereocenters.